The third kappa shape index (κ3) is 15.6. The van der Waals surface area contributed by atoms with E-state index in [-0.39, 0.29) is 0 Å². The number of hydrogen-bond acceptors (Lipinski definition) is 9. The third-order valence-corrected chi connectivity index (χ3v) is 26.9. The van der Waals surface area contributed by atoms with Gasteiger partial charge in [0.1, 0.15) is 5.82 Å². The Labute approximate surface area is 801 Å². The summed E-state index contributed by atoms with van der Waals surface area (Å²) in [5.74, 6) is 0.937. The summed E-state index contributed by atoms with van der Waals surface area (Å²) < 4.78 is 2.25. The first-order valence-electron chi connectivity index (χ1n) is 46.8. The van der Waals surface area contributed by atoms with E-state index < -0.39 is 0 Å². The fraction of sp³-hybridized carbons (Fsp3) is 0. The first-order valence-corrected chi connectivity index (χ1v) is 46.8. The number of benzene rings is 19. The number of nitrogens with zero attached hydrogens (tertiary/aromatic N) is 10. The first-order chi connectivity index (χ1) is 68.9. The lowest BCUT2D eigenvalue weighted by molar-refractivity contribution is 1.10. The van der Waals surface area contributed by atoms with Crippen molar-refractivity contribution in [3.05, 3.63) is 498 Å². The molecule has 0 atom stereocenters. The van der Waals surface area contributed by atoms with Crippen LogP contribution in [0.3, 0.4) is 0 Å². The van der Waals surface area contributed by atoms with Crippen LogP contribution in [-0.4, -0.2) is 49.4 Å². The SMILES string of the molecule is c1ccc(-c2nc3ccccc3nc2-c2ccc(-c3ccc(-c4ccc5c(c4)ncc4ccccc45)c4ccccc34)cc2)cc1.c1ccc(-n2c(-c3ccc(-c4ccc(-c5ccc6c(c5)ncc5ccccc56)c5ccccc45)cc3)nc3ccccc32)cc1.c1ccc2c(c1)cnc1cc(-c3ccc(-c4ccc(-c5cc(-c6ccncc6)nc(-c6ccncc6)c5)cc4)c4ccccc34)ccc12. The monoisotopic (exact) mass is 1770 g/mol. The van der Waals surface area contributed by atoms with Crippen LogP contribution in [0.4, 0.5) is 0 Å². The molecule has 0 aliphatic carbocycles. The topological polar surface area (TPSA) is 121 Å². The molecule has 27 rings (SSSR count). The van der Waals surface area contributed by atoms with Crippen molar-refractivity contribution in [1.82, 2.24) is 49.4 Å². The van der Waals surface area contributed by atoms with Crippen LogP contribution >= 0.6 is 0 Å². The largest absolute Gasteiger partial charge is 0.292 e. The van der Waals surface area contributed by atoms with Crippen molar-refractivity contribution in [2.24, 2.45) is 0 Å². The van der Waals surface area contributed by atoms with Crippen LogP contribution in [0, 0.1) is 0 Å². The Kier molecular flexibility index (Phi) is 21.1. The lowest BCUT2D eigenvalue weighted by Gasteiger charge is -2.14. The van der Waals surface area contributed by atoms with Gasteiger partial charge < -0.3 is 0 Å². The van der Waals surface area contributed by atoms with Gasteiger partial charge in [0.15, 0.2) is 0 Å². The zero-order valence-corrected chi connectivity index (χ0v) is 75.3. The highest BCUT2D eigenvalue weighted by molar-refractivity contribution is 6.14. The van der Waals surface area contributed by atoms with Crippen LogP contribution in [0.5, 0.6) is 0 Å². The van der Waals surface area contributed by atoms with Crippen LogP contribution in [0.2, 0.25) is 0 Å². The summed E-state index contributed by atoms with van der Waals surface area (Å²) in [5, 5.41) is 18.0. The summed E-state index contributed by atoms with van der Waals surface area (Å²) in [5.41, 5.74) is 33.3. The van der Waals surface area contributed by atoms with E-state index in [9.17, 15) is 0 Å². The number of fused-ring (bicyclic) bond motifs is 14. The molecular formula is C129H82N10. The van der Waals surface area contributed by atoms with Gasteiger partial charge in [0.25, 0.3) is 0 Å². The molecule has 19 aromatic carbocycles. The predicted octanol–water partition coefficient (Wildman–Crippen LogP) is 33.1. The van der Waals surface area contributed by atoms with Gasteiger partial charge in [0.05, 0.1) is 61.4 Å². The van der Waals surface area contributed by atoms with Gasteiger partial charge in [0, 0.05) is 109 Å². The van der Waals surface area contributed by atoms with Crippen molar-refractivity contribution < 1.29 is 0 Å². The maximum absolute atomic E-state index is 5.09. The number of pyridine rings is 6. The molecule has 0 spiro atoms. The Hall–Kier alpha value is -18.8. The highest BCUT2D eigenvalue weighted by Crippen LogP contribution is 2.45. The minimum atomic E-state index is 0.884. The fourth-order valence-electron chi connectivity index (χ4n) is 20.0. The molecule has 0 N–H and O–H groups in total. The quantitative estimate of drug-likeness (QED) is 0.104. The molecule has 8 aromatic heterocycles. The van der Waals surface area contributed by atoms with Gasteiger partial charge in [-0.1, -0.05) is 364 Å². The van der Waals surface area contributed by atoms with Crippen LogP contribution in [0.1, 0.15) is 0 Å². The molecule has 0 radical (unpaired) electrons. The van der Waals surface area contributed by atoms with E-state index >= 15 is 0 Å². The van der Waals surface area contributed by atoms with Crippen molar-refractivity contribution in [1.29, 1.82) is 0 Å². The lowest BCUT2D eigenvalue weighted by atomic mass is 9.91. The highest BCUT2D eigenvalue weighted by Gasteiger charge is 2.22. The van der Waals surface area contributed by atoms with Crippen LogP contribution in [0.25, 0.3) is 259 Å². The Morgan fingerprint density at radius 2 is 0.468 bits per heavy atom. The van der Waals surface area contributed by atoms with E-state index in [1.54, 1.807) is 24.8 Å². The Bertz CT molecular complexity index is 9370. The Morgan fingerprint density at radius 3 is 0.863 bits per heavy atom. The molecule has 0 aliphatic rings. The van der Waals surface area contributed by atoms with E-state index in [2.05, 4.69) is 391 Å². The van der Waals surface area contributed by atoms with Gasteiger partial charge in [0.2, 0.25) is 0 Å². The minimum Gasteiger partial charge on any atom is -0.292 e. The van der Waals surface area contributed by atoms with Crippen molar-refractivity contribution in [2.45, 2.75) is 0 Å². The summed E-state index contributed by atoms with van der Waals surface area (Å²) >= 11 is 0. The normalized spacial score (nSPS) is 11.5. The number of imidazole rings is 1. The molecule has 0 aliphatic heterocycles. The molecule has 0 bridgehead atoms. The predicted molar refractivity (Wildman–Crippen MR) is 577 cm³/mol. The second-order valence-corrected chi connectivity index (χ2v) is 35.1. The zero-order chi connectivity index (χ0) is 92.1. The zero-order valence-electron chi connectivity index (χ0n) is 75.3. The number of para-hydroxylation sites is 5. The average molecular weight is 1770 g/mol. The molecule has 8 heterocycles. The van der Waals surface area contributed by atoms with Gasteiger partial charge in [-0.05, 0) is 217 Å². The lowest BCUT2D eigenvalue weighted by Crippen LogP contribution is -1.97. The smallest absolute Gasteiger partial charge is 0.145 e. The van der Waals surface area contributed by atoms with Gasteiger partial charge in [-0.2, -0.15) is 0 Å². The summed E-state index contributed by atoms with van der Waals surface area (Å²) in [6.07, 6.45) is 13.1. The molecule has 0 unspecified atom stereocenters. The van der Waals surface area contributed by atoms with Gasteiger partial charge in [-0.3, -0.25) is 29.5 Å². The van der Waals surface area contributed by atoms with Crippen LogP contribution < -0.4 is 0 Å². The van der Waals surface area contributed by atoms with E-state index in [1.807, 2.05) is 97.5 Å². The molecule has 10 nitrogen and oxygen atoms in total. The van der Waals surface area contributed by atoms with E-state index in [0.717, 1.165) is 145 Å². The van der Waals surface area contributed by atoms with Gasteiger partial charge in [-0.15, -0.1) is 0 Å². The molecule has 0 saturated heterocycles. The highest BCUT2D eigenvalue weighted by atomic mass is 15.1. The second kappa shape index (κ2) is 35.6. The molecule has 0 fully saturated rings. The number of aromatic nitrogens is 10. The Balaban J connectivity index is 0.000000110. The van der Waals surface area contributed by atoms with Crippen molar-refractivity contribution in [3.63, 3.8) is 0 Å². The van der Waals surface area contributed by atoms with Crippen molar-refractivity contribution >= 4 is 119 Å². The Morgan fingerprint density at radius 1 is 0.165 bits per heavy atom. The third-order valence-electron chi connectivity index (χ3n) is 26.9. The average Bonchev–Trinajstić information content (AvgIpc) is 1.75. The molecule has 648 valence electrons. The fourth-order valence-corrected chi connectivity index (χ4v) is 20.0. The van der Waals surface area contributed by atoms with Crippen molar-refractivity contribution in [2.75, 3.05) is 0 Å². The van der Waals surface area contributed by atoms with Gasteiger partial charge >= 0.3 is 0 Å². The molecule has 27 aromatic rings. The number of hydrogen-bond donors (Lipinski definition) is 0. The summed E-state index contributed by atoms with van der Waals surface area (Å²) in [4.78, 5) is 43.0. The first kappa shape index (κ1) is 82.2. The van der Waals surface area contributed by atoms with E-state index in [1.165, 1.54) is 115 Å². The maximum Gasteiger partial charge on any atom is 0.145 e. The van der Waals surface area contributed by atoms with Crippen molar-refractivity contribution in [3.8, 4) is 140 Å². The molecule has 139 heavy (non-hydrogen) atoms. The van der Waals surface area contributed by atoms with Gasteiger partial charge in [-0.25, -0.2) is 19.9 Å². The summed E-state index contributed by atoms with van der Waals surface area (Å²) in [7, 11) is 0. The van der Waals surface area contributed by atoms with Crippen LogP contribution in [0.15, 0.2) is 498 Å². The summed E-state index contributed by atoms with van der Waals surface area (Å²) in [6.45, 7) is 0. The molecule has 0 amide bonds. The summed E-state index contributed by atoms with van der Waals surface area (Å²) in [6, 6.07) is 161. The van der Waals surface area contributed by atoms with E-state index in [0.29, 0.717) is 0 Å². The molecular weight excluding hydrogens is 1690 g/mol. The molecule has 10 heteroatoms. The molecule has 0 saturated carbocycles. The second-order valence-electron chi connectivity index (χ2n) is 35.1. The number of rotatable bonds is 13. The van der Waals surface area contributed by atoms with E-state index in [4.69, 9.17) is 34.9 Å². The maximum atomic E-state index is 5.09. The van der Waals surface area contributed by atoms with Crippen LogP contribution in [-0.2, 0) is 0 Å². The standard InChI is InChI=1S/C44H28N4.C43H27N3.C42H27N3/c1-2-6-36-34(5-1)28-47-44-25-33(13-14-41(36)44)38-16-15-37(39-7-3-4-8-40(38)39)30-11-9-29(10-12-30)35-26-42(31-17-21-45-22-18-31)48-43(27-35)32-19-23-46-24-20-32;1-2-10-29(11-3-1)42-43(46-40-17-9-8-16-39(40)45-42)30-20-18-28(19-21-30)34-24-25-35(37-15-7-6-14-36(34)37)31-22-23-38-33-13-5-4-12-32(33)27-44-41(38)26-31;1-2-11-32(12-3-1)45-41-17-9-8-16-39(41)44-42(45)29-20-18-28(19-21-29)34-24-25-35(37-15-7-6-14-36(34)37)30-22-23-38-33-13-5-4-10-31(33)27-43-40(38)26-30/h1-28H;1-27H;1-27H. The minimum absolute atomic E-state index is 0.884.